The Morgan fingerprint density at radius 2 is 1.69 bits per heavy atom. The maximum atomic E-state index is 12.9. The summed E-state index contributed by atoms with van der Waals surface area (Å²) in [5, 5.41) is 0. The molecule has 1 aliphatic rings. The van der Waals surface area contributed by atoms with Crippen LogP contribution in [0, 0.1) is 0 Å². The van der Waals surface area contributed by atoms with Crippen LogP contribution in [-0.4, -0.2) is 107 Å². The number of amides is 1. The van der Waals surface area contributed by atoms with Crippen molar-refractivity contribution < 1.29 is 32.9 Å². The minimum atomic E-state index is -3.03. The third-order valence-corrected chi connectivity index (χ3v) is 6.41. The lowest BCUT2D eigenvalue weighted by Crippen LogP contribution is -2.49. The predicted molar refractivity (Wildman–Crippen MR) is 95.1 cm³/mol. The van der Waals surface area contributed by atoms with Crippen molar-refractivity contribution in [2.45, 2.75) is 6.92 Å². The lowest BCUT2D eigenvalue weighted by molar-refractivity contribution is -0.112. The second-order valence-electron chi connectivity index (χ2n) is 5.66. The van der Waals surface area contributed by atoms with Crippen LogP contribution in [0.1, 0.15) is 6.92 Å². The van der Waals surface area contributed by atoms with Gasteiger partial charge in [0.25, 0.3) is 0 Å². The molecule has 0 aromatic carbocycles. The van der Waals surface area contributed by atoms with Gasteiger partial charge < -0.3 is 28.4 Å². The van der Waals surface area contributed by atoms with E-state index in [0.29, 0.717) is 52.3 Å². The van der Waals surface area contributed by atoms with E-state index in [1.165, 1.54) is 0 Å². The molecule has 11 heteroatoms. The van der Waals surface area contributed by atoms with Gasteiger partial charge in [0.05, 0.1) is 26.4 Å². The van der Waals surface area contributed by atoms with Gasteiger partial charge in [-0.05, 0) is 21.0 Å². The SMILES string of the molecule is CCOP(=O)(N(C)C)N1CCN(C(=O)OCCOCCOCC=O)CC1. The summed E-state index contributed by atoms with van der Waals surface area (Å²) in [5.74, 6) is 0. The smallest absolute Gasteiger partial charge is 0.409 e. The third kappa shape index (κ3) is 7.30. The standard InChI is InChI=1S/C15H30N3O7P/c1-4-25-26(21,16(2)3)18-7-5-17(6-8-18)15(20)24-14-13-23-12-11-22-10-9-19/h9H,4-8,10-14H2,1-3H3. The van der Waals surface area contributed by atoms with E-state index in [-0.39, 0.29) is 19.8 Å². The number of nitrogens with zero attached hydrogens (tertiary/aromatic N) is 3. The van der Waals surface area contributed by atoms with Crippen molar-refractivity contribution in [1.82, 2.24) is 14.2 Å². The summed E-state index contributed by atoms with van der Waals surface area (Å²) in [6, 6.07) is 0. The molecule has 0 aromatic rings. The van der Waals surface area contributed by atoms with Gasteiger partial charge in [-0.25, -0.2) is 14.1 Å². The van der Waals surface area contributed by atoms with Crippen molar-refractivity contribution in [3.8, 4) is 0 Å². The van der Waals surface area contributed by atoms with Crippen LogP contribution >= 0.6 is 7.67 Å². The highest BCUT2D eigenvalue weighted by Crippen LogP contribution is 2.52. The van der Waals surface area contributed by atoms with Crippen LogP contribution in [0.3, 0.4) is 0 Å². The Morgan fingerprint density at radius 3 is 2.27 bits per heavy atom. The van der Waals surface area contributed by atoms with Crippen molar-refractivity contribution in [3.63, 3.8) is 0 Å². The van der Waals surface area contributed by atoms with Gasteiger partial charge in [-0.15, -0.1) is 0 Å². The monoisotopic (exact) mass is 395 g/mol. The lowest BCUT2D eigenvalue weighted by Gasteiger charge is -2.39. The molecule has 0 aromatic heterocycles. The van der Waals surface area contributed by atoms with Crippen LogP contribution in [0.4, 0.5) is 4.79 Å². The Balaban J connectivity index is 2.25. The van der Waals surface area contributed by atoms with Gasteiger partial charge in [-0.2, -0.15) is 0 Å². The minimum absolute atomic E-state index is 0.0500. The number of carbonyl (C=O) groups is 2. The summed E-state index contributed by atoms with van der Waals surface area (Å²) >= 11 is 0. The van der Waals surface area contributed by atoms with Crippen LogP contribution in [-0.2, 0) is 28.1 Å². The van der Waals surface area contributed by atoms with Crippen molar-refractivity contribution >= 4 is 20.0 Å². The molecule has 10 nitrogen and oxygen atoms in total. The second kappa shape index (κ2) is 12.4. The van der Waals surface area contributed by atoms with Crippen molar-refractivity contribution in [1.29, 1.82) is 0 Å². The number of aldehydes is 1. The summed E-state index contributed by atoms with van der Waals surface area (Å²) in [6.07, 6.45) is 0.259. The molecular formula is C15H30N3O7P. The van der Waals surface area contributed by atoms with E-state index in [4.69, 9.17) is 18.7 Å². The quantitative estimate of drug-likeness (QED) is 0.268. The molecule has 1 saturated heterocycles. The molecule has 152 valence electrons. The van der Waals surface area contributed by atoms with Crippen LogP contribution in [0.25, 0.3) is 0 Å². The topological polar surface area (TPSA) is 97.9 Å². The Hall–Kier alpha value is -1.03. The Kier molecular flexibility index (Phi) is 11.0. The summed E-state index contributed by atoms with van der Waals surface area (Å²) in [6.45, 7) is 5.02. The Morgan fingerprint density at radius 1 is 1.08 bits per heavy atom. The second-order valence-corrected chi connectivity index (χ2v) is 8.27. The van der Waals surface area contributed by atoms with Gasteiger partial charge in [0.15, 0.2) is 0 Å². The molecule has 26 heavy (non-hydrogen) atoms. The molecule has 1 amide bonds. The van der Waals surface area contributed by atoms with E-state index in [1.807, 2.05) is 0 Å². The van der Waals surface area contributed by atoms with E-state index in [9.17, 15) is 14.2 Å². The zero-order chi connectivity index (χ0) is 19.4. The molecule has 0 saturated carbocycles. The van der Waals surface area contributed by atoms with Crippen LogP contribution < -0.4 is 0 Å². The summed E-state index contributed by atoms with van der Waals surface area (Å²) in [7, 11) is 0.415. The molecule has 0 aliphatic carbocycles. The van der Waals surface area contributed by atoms with E-state index in [0.717, 1.165) is 0 Å². The summed E-state index contributed by atoms with van der Waals surface area (Å²) in [4.78, 5) is 23.7. The highest BCUT2D eigenvalue weighted by atomic mass is 31.2. The number of hydrogen-bond donors (Lipinski definition) is 0. The molecule has 1 rings (SSSR count). The normalized spacial score (nSPS) is 17.9. The largest absolute Gasteiger partial charge is 0.447 e. The zero-order valence-corrected chi connectivity index (χ0v) is 16.7. The van der Waals surface area contributed by atoms with Crippen LogP contribution in [0.15, 0.2) is 0 Å². The zero-order valence-electron chi connectivity index (χ0n) is 15.8. The van der Waals surface area contributed by atoms with Gasteiger partial charge in [-0.3, -0.25) is 4.57 Å². The number of ether oxygens (including phenoxy) is 3. The molecule has 0 bridgehead atoms. The van der Waals surface area contributed by atoms with E-state index < -0.39 is 13.8 Å². The van der Waals surface area contributed by atoms with Crippen LogP contribution in [0.5, 0.6) is 0 Å². The van der Waals surface area contributed by atoms with Crippen molar-refractivity contribution in [2.75, 3.05) is 79.9 Å². The summed E-state index contributed by atoms with van der Waals surface area (Å²) in [5.41, 5.74) is 0. The molecule has 1 heterocycles. The molecule has 0 spiro atoms. The molecule has 1 atom stereocenters. The van der Waals surface area contributed by atoms with Gasteiger partial charge >= 0.3 is 13.8 Å². The average molecular weight is 395 g/mol. The van der Waals surface area contributed by atoms with Gasteiger partial charge in [0, 0.05) is 26.2 Å². The number of rotatable bonds is 12. The average Bonchev–Trinajstić information content (AvgIpc) is 2.63. The molecular weight excluding hydrogens is 365 g/mol. The van der Waals surface area contributed by atoms with Gasteiger partial charge in [0.2, 0.25) is 0 Å². The third-order valence-electron chi connectivity index (χ3n) is 3.69. The Bertz CT molecular complexity index is 470. The fraction of sp³-hybridized carbons (Fsp3) is 0.867. The molecule has 1 fully saturated rings. The van der Waals surface area contributed by atoms with Crippen LogP contribution in [0.2, 0.25) is 0 Å². The van der Waals surface area contributed by atoms with Gasteiger partial charge in [0.1, 0.15) is 19.5 Å². The highest BCUT2D eigenvalue weighted by molar-refractivity contribution is 7.53. The first-order valence-corrected chi connectivity index (χ1v) is 10.2. The first-order valence-electron chi connectivity index (χ1n) is 8.64. The van der Waals surface area contributed by atoms with Crippen molar-refractivity contribution in [3.05, 3.63) is 0 Å². The summed E-state index contributed by atoms with van der Waals surface area (Å²) < 4.78 is 37.1. The van der Waals surface area contributed by atoms with Crippen molar-refractivity contribution in [2.24, 2.45) is 0 Å². The number of hydrogen-bond acceptors (Lipinski definition) is 7. The predicted octanol–water partition coefficient (Wildman–Crippen LogP) is 0.679. The van der Waals surface area contributed by atoms with Gasteiger partial charge in [-0.1, -0.05) is 0 Å². The van der Waals surface area contributed by atoms with E-state index >= 15 is 0 Å². The number of piperazine rings is 1. The fourth-order valence-corrected chi connectivity index (χ4v) is 4.30. The number of carbonyl (C=O) groups excluding carboxylic acids is 2. The molecule has 0 radical (unpaired) electrons. The first-order chi connectivity index (χ1) is 12.5. The molecule has 1 unspecified atom stereocenters. The molecule has 1 aliphatic heterocycles. The maximum absolute atomic E-state index is 12.9. The highest BCUT2D eigenvalue weighted by Gasteiger charge is 2.37. The van der Waals surface area contributed by atoms with E-state index in [1.54, 1.807) is 35.3 Å². The lowest BCUT2D eigenvalue weighted by atomic mass is 10.4. The minimum Gasteiger partial charge on any atom is -0.447 e. The molecule has 0 N–H and O–H groups in total. The maximum Gasteiger partial charge on any atom is 0.409 e. The Labute approximate surface area is 154 Å². The fourth-order valence-electron chi connectivity index (χ4n) is 2.38. The first kappa shape index (κ1) is 23.0. The van der Waals surface area contributed by atoms with E-state index in [2.05, 4.69) is 0 Å².